The zero-order chi connectivity index (χ0) is 19.7. The average Bonchev–Trinajstić information content (AvgIpc) is 2.79. The van der Waals surface area contributed by atoms with E-state index in [2.05, 4.69) is 31.2 Å². The van der Waals surface area contributed by atoms with Gasteiger partial charge in [-0.15, -0.1) is 0 Å². The lowest BCUT2D eigenvalue weighted by Gasteiger charge is -2.33. The van der Waals surface area contributed by atoms with E-state index >= 15 is 0 Å². The number of carbonyl (C=O) groups excluding carboxylic acids is 2. The number of hydrogen-bond acceptors (Lipinski definition) is 3. The third-order valence-corrected chi connectivity index (χ3v) is 4.15. The molecule has 26 heavy (non-hydrogen) atoms. The summed E-state index contributed by atoms with van der Waals surface area (Å²) in [5, 5.41) is 7.34. The van der Waals surface area contributed by atoms with Crippen molar-refractivity contribution in [2.45, 2.75) is 60.4 Å². The fourth-order valence-electron chi connectivity index (χ4n) is 3.64. The summed E-state index contributed by atoms with van der Waals surface area (Å²) in [5.41, 5.74) is 2.03. The van der Waals surface area contributed by atoms with E-state index in [1.165, 1.54) is 0 Å². The van der Waals surface area contributed by atoms with Crippen molar-refractivity contribution >= 4 is 11.7 Å². The van der Waals surface area contributed by atoms with Gasteiger partial charge in [0.2, 0.25) is 0 Å². The van der Waals surface area contributed by atoms with Gasteiger partial charge in [0.15, 0.2) is 0 Å². The molecule has 2 aromatic rings. The van der Waals surface area contributed by atoms with E-state index in [1.807, 2.05) is 51.1 Å². The summed E-state index contributed by atoms with van der Waals surface area (Å²) in [6, 6.07) is 9.58. The predicted molar refractivity (Wildman–Crippen MR) is 104 cm³/mol. The van der Waals surface area contributed by atoms with Crippen LogP contribution in [0.2, 0.25) is 0 Å². The lowest BCUT2D eigenvalue weighted by Crippen LogP contribution is -2.48. The van der Waals surface area contributed by atoms with Gasteiger partial charge in [0.05, 0.1) is 22.6 Å². The second-order valence-corrected chi connectivity index (χ2v) is 8.70. The highest BCUT2D eigenvalue weighted by atomic mass is 16.2. The number of rotatable bonds is 5. The van der Waals surface area contributed by atoms with Crippen molar-refractivity contribution in [3.05, 3.63) is 47.3 Å². The van der Waals surface area contributed by atoms with Crippen LogP contribution in [0.3, 0.4) is 0 Å². The number of aryl methyl sites for hydroxylation is 1. The van der Waals surface area contributed by atoms with Crippen LogP contribution in [0.15, 0.2) is 30.3 Å². The zero-order valence-electron chi connectivity index (χ0n) is 16.8. The molecule has 0 unspecified atom stereocenters. The SMILES string of the molecule is Cc1nn(-c2ccccc2)c(C)c1C(=O)C(=O)NC(C)(C)CC(C)(C)C. The van der Waals surface area contributed by atoms with Gasteiger partial charge in [-0.1, -0.05) is 39.0 Å². The summed E-state index contributed by atoms with van der Waals surface area (Å²) >= 11 is 0. The Bertz CT molecular complexity index is 812. The van der Waals surface area contributed by atoms with E-state index in [4.69, 9.17) is 0 Å². The Kier molecular flexibility index (Phi) is 5.40. The minimum atomic E-state index is -0.585. The van der Waals surface area contributed by atoms with E-state index < -0.39 is 17.2 Å². The molecule has 0 fully saturated rings. The molecule has 0 radical (unpaired) electrons. The molecule has 0 atom stereocenters. The first-order valence-electron chi connectivity index (χ1n) is 8.90. The van der Waals surface area contributed by atoms with Crippen LogP contribution in [0.1, 0.15) is 62.8 Å². The molecule has 5 heteroatoms. The Morgan fingerprint density at radius 1 is 1.04 bits per heavy atom. The number of hydrogen-bond donors (Lipinski definition) is 1. The smallest absolute Gasteiger partial charge is 0.292 e. The fourth-order valence-corrected chi connectivity index (χ4v) is 3.64. The van der Waals surface area contributed by atoms with Crippen molar-refractivity contribution < 1.29 is 9.59 Å². The number of carbonyl (C=O) groups is 2. The van der Waals surface area contributed by atoms with Gasteiger partial charge >= 0.3 is 0 Å². The predicted octanol–water partition coefficient (Wildman–Crippen LogP) is 4.00. The van der Waals surface area contributed by atoms with Gasteiger partial charge in [-0.05, 0) is 51.7 Å². The highest BCUT2D eigenvalue weighted by Gasteiger charge is 2.31. The quantitative estimate of drug-likeness (QED) is 0.651. The van der Waals surface area contributed by atoms with E-state index in [9.17, 15) is 9.59 Å². The molecule has 1 heterocycles. The average molecular weight is 355 g/mol. The number of ketones is 1. The molecule has 0 saturated heterocycles. The highest BCUT2D eigenvalue weighted by molar-refractivity contribution is 6.43. The monoisotopic (exact) mass is 355 g/mol. The van der Waals surface area contributed by atoms with Crippen molar-refractivity contribution in [2.75, 3.05) is 0 Å². The summed E-state index contributed by atoms with van der Waals surface area (Å²) in [4.78, 5) is 25.4. The largest absolute Gasteiger partial charge is 0.344 e. The second kappa shape index (κ2) is 7.06. The van der Waals surface area contributed by atoms with Crippen LogP contribution in [0.4, 0.5) is 0 Å². The molecule has 1 aromatic heterocycles. The minimum absolute atomic E-state index is 0.0455. The molecule has 0 spiro atoms. The minimum Gasteiger partial charge on any atom is -0.344 e. The molecule has 5 nitrogen and oxygen atoms in total. The third-order valence-electron chi connectivity index (χ3n) is 4.15. The van der Waals surface area contributed by atoms with Crippen LogP contribution in [-0.4, -0.2) is 27.0 Å². The first-order valence-corrected chi connectivity index (χ1v) is 8.90. The summed E-state index contributed by atoms with van der Waals surface area (Å²) in [7, 11) is 0. The molecule has 0 saturated carbocycles. The van der Waals surface area contributed by atoms with Crippen molar-refractivity contribution in [3.63, 3.8) is 0 Å². The van der Waals surface area contributed by atoms with Gasteiger partial charge in [0.1, 0.15) is 0 Å². The Hall–Kier alpha value is -2.43. The maximum atomic E-state index is 12.8. The summed E-state index contributed by atoms with van der Waals surface area (Å²) in [5.74, 6) is -1.12. The normalized spacial score (nSPS) is 12.1. The molecule has 0 aliphatic carbocycles. The number of nitrogens with zero attached hydrogens (tertiary/aromatic N) is 2. The van der Waals surface area contributed by atoms with E-state index in [1.54, 1.807) is 11.6 Å². The molecule has 1 amide bonds. The molecule has 0 aliphatic heterocycles. The van der Waals surface area contributed by atoms with E-state index in [-0.39, 0.29) is 5.41 Å². The molecule has 2 rings (SSSR count). The Morgan fingerprint density at radius 3 is 2.15 bits per heavy atom. The van der Waals surface area contributed by atoms with Crippen molar-refractivity contribution in [1.29, 1.82) is 0 Å². The van der Waals surface area contributed by atoms with Gasteiger partial charge < -0.3 is 5.32 Å². The number of amides is 1. The molecule has 1 N–H and O–H groups in total. The molecular weight excluding hydrogens is 326 g/mol. The molecular formula is C21H29N3O2. The Morgan fingerprint density at radius 2 is 1.62 bits per heavy atom. The summed E-state index contributed by atoms with van der Waals surface area (Å²) in [6.07, 6.45) is 0.764. The molecule has 0 aliphatic rings. The zero-order valence-corrected chi connectivity index (χ0v) is 16.8. The number of aromatic nitrogens is 2. The maximum Gasteiger partial charge on any atom is 0.292 e. The Labute approximate surface area is 155 Å². The number of nitrogens with one attached hydrogen (secondary N) is 1. The summed E-state index contributed by atoms with van der Waals surface area (Å²) in [6.45, 7) is 13.8. The molecule has 1 aromatic carbocycles. The second-order valence-electron chi connectivity index (χ2n) is 8.70. The number of Topliss-reactive ketones (excluding diaryl/α,β-unsaturated/α-hetero) is 1. The molecule has 140 valence electrons. The standard InChI is InChI=1S/C21H29N3O2/c1-14-17(15(2)24(23-14)16-11-9-8-10-12-16)18(25)19(26)22-21(6,7)13-20(3,4)5/h8-12H,13H2,1-7H3,(H,22,26). The van der Waals surface area contributed by atoms with Crippen LogP contribution in [0, 0.1) is 19.3 Å². The fraction of sp³-hybridized carbons (Fsp3) is 0.476. The Balaban J connectivity index is 2.27. The van der Waals surface area contributed by atoms with E-state index in [0.29, 0.717) is 17.0 Å². The van der Waals surface area contributed by atoms with Gasteiger partial charge in [-0.2, -0.15) is 5.10 Å². The van der Waals surface area contributed by atoms with Gasteiger partial charge in [-0.3, -0.25) is 9.59 Å². The topological polar surface area (TPSA) is 64.0 Å². The van der Waals surface area contributed by atoms with Crippen LogP contribution in [0.5, 0.6) is 0 Å². The van der Waals surface area contributed by atoms with Crippen molar-refractivity contribution in [1.82, 2.24) is 15.1 Å². The lowest BCUT2D eigenvalue weighted by atomic mass is 9.81. The molecule has 0 bridgehead atoms. The maximum absolute atomic E-state index is 12.8. The van der Waals surface area contributed by atoms with Crippen molar-refractivity contribution in [3.8, 4) is 5.69 Å². The third kappa shape index (κ3) is 4.59. The van der Waals surface area contributed by atoms with Gasteiger partial charge in [0, 0.05) is 5.54 Å². The van der Waals surface area contributed by atoms with Crippen molar-refractivity contribution in [2.24, 2.45) is 5.41 Å². The number of para-hydroxylation sites is 1. The number of benzene rings is 1. The van der Waals surface area contributed by atoms with E-state index in [0.717, 1.165) is 12.1 Å². The van der Waals surface area contributed by atoms with Gasteiger partial charge in [0.25, 0.3) is 11.7 Å². The van der Waals surface area contributed by atoms with Crippen LogP contribution >= 0.6 is 0 Å². The first kappa shape index (κ1) is 19.9. The van der Waals surface area contributed by atoms with Crippen LogP contribution in [-0.2, 0) is 4.79 Å². The highest BCUT2D eigenvalue weighted by Crippen LogP contribution is 2.27. The summed E-state index contributed by atoms with van der Waals surface area (Å²) < 4.78 is 1.70. The first-order chi connectivity index (χ1) is 11.9. The lowest BCUT2D eigenvalue weighted by molar-refractivity contribution is -0.118. The van der Waals surface area contributed by atoms with Gasteiger partial charge in [-0.25, -0.2) is 4.68 Å². The van der Waals surface area contributed by atoms with Crippen LogP contribution in [0.25, 0.3) is 5.69 Å². The van der Waals surface area contributed by atoms with Crippen LogP contribution < -0.4 is 5.32 Å².